The van der Waals surface area contributed by atoms with Crippen molar-refractivity contribution in [2.24, 2.45) is 12.0 Å². The zero-order chi connectivity index (χ0) is 21.5. The molecule has 30 heavy (non-hydrogen) atoms. The summed E-state index contributed by atoms with van der Waals surface area (Å²) in [4.78, 5) is 23.7. The van der Waals surface area contributed by atoms with E-state index in [1.54, 1.807) is 15.8 Å². The molecule has 1 amide bonds. The molecule has 8 heteroatoms. The topological polar surface area (TPSA) is 69.0 Å². The lowest BCUT2D eigenvalue weighted by Crippen LogP contribution is -2.55. The molecule has 0 saturated carbocycles. The number of aryl methyl sites for hydroxylation is 1. The van der Waals surface area contributed by atoms with Crippen molar-refractivity contribution >= 4 is 17.6 Å². The highest BCUT2D eigenvalue weighted by molar-refractivity contribution is 5.98. The molecule has 1 aliphatic heterocycles. The Morgan fingerprint density at radius 2 is 2.07 bits per heavy atom. The number of hydrogen-bond donors (Lipinski definition) is 1. The van der Waals surface area contributed by atoms with Crippen LogP contribution in [0.4, 0.5) is 5.69 Å². The molecule has 2 heterocycles. The summed E-state index contributed by atoms with van der Waals surface area (Å²) in [5.74, 6) is 0.845. The molecule has 1 aliphatic rings. The van der Waals surface area contributed by atoms with Crippen LogP contribution in [-0.4, -0.2) is 71.2 Å². The van der Waals surface area contributed by atoms with Gasteiger partial charge in [-0.3, -0.25) is 9.48 Å². The van der Waals surface area contributed by atoms with E-state index < -0.39 is 0 Å². The lowest BCUT2D eigenvalue weighted by atomic mass is 10.1. The van der Waals surface area contributed by atoms with Gasteiger partial charge in [-0.15, -0.1) is 0 Å². The molecule has 0 unspecified atom stereocenters. The van der Waals surface area contributed by atoms with E-state index in [4.69, 9.17) is 4.99 Å². The van der Waals surface area contributed by atoms with Crippen molar-refractivity contribution in [1.29, 1.82) is 0 Å². The van der Waals surface area contributed by atoms with Gasteiger partial charge in [-0.1, -0.05) is 31.2 Å². The molecule has 1 N–H and O–H groups in total. The highest BCUT2D eigenvalue weighted by Crippen LogP contribution is 2.16. The first-order valence-electron chi connectivity index (χ1n) is 10.6. The zero-order valence-electron chi connectivity index (χ0n) is 18.5. The Morgan fingerprint density at radius 1 is 1.27 bits per heavy atom. The molecule has 0 atom stereocenters. The fraction of sp³-hybridized carbons (Fsp3) is 0.500. The summed E-state index contributed by atoms with van der Waals surface area (Å²) in [5.41, 5.74) is 3.31. The van der Waals surface area contributed by atoms with E-state index in [2.05, 4.69) is 53.6 Å². The third-order valence-corrected chi connectivity index (χ3v) is 5.25. The van der Waals surface area contributed by atoms with E-state index in [1.165, 1.54) is 11.1 Å². The van der Waals surface area contributed by atoms with Crippen molar-refractivity contribution < 1.29 is 4.79 Å². The second kappa shape index (κ2) is 10.2. The van der Waals surface area contributed by atoms with Crippen LogP contribution < -0.4 is 10.2 Å². The smallest absolute Gasteiger partial charge is 0.246 e. The van der Waals surface area contributed by atoms with Crippen LogP contribution in [0.1, 0.15) is 25.0 Å². The van der Waals surface area contributed by atoms with Gasteiger partial charge >= 0.3 is 0 Å². The number of hydrogen-bond acceptors (Lipinski definition) is 4. The Bertz CT molecular complexity index is 876. The Morgan fingerprint density at radius 3 is 2.73 bits per heavy atom. The van der Waals surface area contributed by atoms with Gasteiger partial charge in [-0.05, 0) is 31.6 Å². The summed E-state index contributed by atoms with van der Waals surface area (Å²) in [7, 11) is 3.98. The molecule has 0 radical (unpaired) electrons. The van der Waals surface area contributed by atoms with Gasteiger partial charge in [0.2, 0.25) is 5.91 Å². The van der Waals surface area contributed by atoms with Gasteiger partial charge in [-0.2, -0.15) is 5.10 Å². The number of guanidine groups is 1. The number of nitrogens with zero attached hydrogens (tertiary/aromatic N) is 6. The number of rotatable bonds is 7. The lowest BCUT2D eigenvalue weighted by molar-refractivity contribution is -0.120. The van der Waals surface area contributed by atoms with Gasteiger partial charge in [0.05, 0.1) is 18.4 Å². The number of anilines is 1. The van der Waals surface area contributed by atoms with Crippen molar-refractivity contribution in [3.8, 4) is 0 Å². The van der Waals surface area contributed by atoms with Crippen LogP contribution in [0, 0.1) is 0 Å². The van der Waals surface area contributed by atoms with E-state index in [9.17, 15) is 4.79 Å². The van der Waals surface area contributed by atoms with Gasteiger partial charge in [0.25, 0.3) is 0 Å². The number of amides is 1. The van der Waals surface area contributed by atoms with Crippen LogP contribution >= 0.6 is 0 Å². The largest absolute Gasteiger partial charge is 0.356 e. The van der Waals surface area contributed by atoms with Crippen molar-refractivity contribution in [2.75, 3.05) is 44.7 Å². The fourth-order valence-electron chi connectivity index (χ4n) is 3.52. The number of aliphatic imine (C=N–C) groups is 1. The van der Waals surface area contributed by atoms with Crippen molar-refractivity contribution in [3.63, 3.8) is 0 Å². The monoisotopic (exact) mass is 411 g/mol. The van der Waals surface area contributed by atoms with Crippen LogP contribution in [0.15, 0.2) is 41.7 Å². The average molecular weight is 412 g/mol. The summed E-state index contributed by atoms with van der Waals surface area (Å²) in [6, 6.07) is 8.56. The molecule has 0 aliphatic carbocycles. The lowest BCUT2D eigenvalue weighted by Gasteiger charge is -2.35. The van der Waals surface area contributed by atoms with Gasteiger partial charge in [-0.25, -0.2) is 4.99 Å². The molecule has 1 aromatic carbocycles. The molecule has 162 valence electrons. The Hall–Kier alpha value is -2.87. The van der Waals surface area contributed by atoms with E-state index in [0.29, 0.717) is 19.6 Å². The minimum absolute atomic E-state index is 0.0597. The molecule has 8 nitrogen and oxygen atoms in total. The van der Waals surface area contributed by atoms with Gasteiger partial charge in [0.1, 0.15) is 6.54 Å². The highest BCUT2D eigenvalue weighted by Gasteiger charge is 2.27. The summed E-state index contributed by atoms with van der Waals surface area (Å²) in [6.07, 6.45) is 3.60. The minimum Gasteiger partial charge on any atom is -0.356 e. The van der Waals surface area contributed by atoms with Crippen LogP contribution in [0.3, 0.4) is 0 Å². The number of carbonyl (C=O) groups excluding carboxylic acids is 1. The summed E-state index contributed by atoms with van der Waals surface area (Å²) < 4.78 is 1.72. The molecule has 1 saturated heterocycles. The Kier molecular flexibility index (Phi) is 7.46. The van der Waals surface area contributed by atoms with Gasteiger partial charge in [0.15, 0.2) is 5.96 Å². The first-order chi connectivity index (χ1) is 14.5. The molecule has 0 spiro atoms. The summed E-state index contributed by atoms with van der Waals surface area (Å²) >= 11 is 0. The number of piperazine rings is 1. The molecule has 2 aromatic rings. The maximum Gasteiger partial charge on any atom is 0.246 e. The Balaban J connectivity index is 1.66. The summed E-state index contributed by atoms with van der Waals surface area (Å²) in [5, 5.41) is 7.51. The maximum atomic E-state index is 12.7. The Labute approximate surface area is 179 Å². The van der Waals surface area contributed by atoms with E-state index in [0.717, 1.165) is 37.8 Å². The standard InChI is InChI=1S/C22H33N7O/c1-5-23-22(24-13-18-8-7-9-19(12-18)15-26(3)6-2)28-10-11-29(21(30)17-28)20-14-25-27(4)16-20/h7-9,12,14,16H,5-6,10-11,13,15,17H2,1-4H3,(H,23,24). The fourth-order valence-corrected chi connectivity index (χ4v) is 3.52. The van der Waals surface area contributed by atoms with Crippen LogP contribution in [0.25, 0.3) is 0 Å². The molecule has 1 aromatic heterocycles. The SMILES string of the molecule is CCNC(=NCc1cccc(CN(C)CC)c1)N1CCN(c2cnn(C)c2)C(=O)C1. The third kappa shape index (κ3) is 5.60. The van der Waals surface area contributed by atoms with Crippen LogP contribution in [0.5, 0.6) is 0 Å². The van der Waals surface area contributed by atoms with Gasteiger partial charge < -0.3 is 20.0 Å². The minimum atomic E-state index is 0.0597. The first-order valence-corrected chi connectivity index (χ1v) is 10.6. The predicted molar refractivity (Wildman–Crippen MR) is 120 cm³/mol. The van der Waals surface area contributed by atoms with Crippen LogP contribution in [-0.2, 0) is 24.9 Å². The number of nitrogens with one attached hydrogen (secondary N) is 1. The number of aromatic nitrogens is 2. The van der Waals surface area contributed by atoms with E-state index in [-0.39, 0.29) is 5.91 Å². The second-order valence-electron chi connectivity index (χ2n) is 7.66. The molecule has 0 bridgehead atoms. The maximum absolute atomic E-state index is 12.7. The first kappa shape index (κ1) is 21.8. The molecular weight excluding hydrogens is 378 g/mol. The molecule has 1 fully saturated rings. The zero-order valence-corrected chi connectivity index (χ0v) is 18.5. The van der Waals surface area contributed by atoms with Gasteiger partial charge in [0, 0.05) is 39.4 Å². The quantitative estimate of drug-likeness (QED) is 0.555. The highest BCUT2D eigenvalue weighted by atomic mass is 16.2. The predicted octanol–water partition coefficient (Wildman–Crippen LogP) is 1.69. The van der Waals surface area contributed by atoms with Crippen LogP contribution in [0.2, 0.25) is 0 Å². The number of benzene rings is 1. The second-order valence-corrected chi connectivity index (χ2v) is 7.66. The third-order valence-electron chi connectivity index (χ3n) is 5.25. The average Bonchev–Trinajstić information content (AvgIpc) is 3.17. The van der Waals surface area contributed by atoms with E-state index >= 15 is 0 Å². The van der Waals surface area contributed by atoms with Crippen molar-refractivity contribution in [1.82, 2.24) is 24.9 Å². The van der Waals surface area contributed by atoms with Crippen molar-refractivity contribution in [2.45, 2.75) is 26.9 Å². The normalized spacial score (nSPS) is 15.2. The van der Waals surface area contributed by atoms with E-state index in [1.807, 2.05) is 25.1 Å². The molecular formula is C22H33N7O. The summed E-state index contributed by atoms with van der Waals surface area (Å²) in [6.45, 7) is 9.16. The van der Waals surface area contributed by atoms with Crippen molar-refractivity contribution in [3.05, 3.63) is 47.8 Å². The molecule has 3 rings (SSSR count). The number of carbonyl (C=O) groups is 1.